The highest BCUT2D eigenvalue weighted by Crippen LogP contribution is 2.30. The Morgan fingerprint density at radius 2 is 2.16 bits per heavy atom. The quantitative estimate of drug-likeness (QED) is 0.770. The number of rotatable bonds is 6. The summed E-state index contributed by atoms with van der Waals surface area (Å²) in [7, 11) is 2.09. The smallest absolute Gasteiger partial charge is 0.157 e. The van der Waals surface area contributed by atoms with E-state index in [1.165, 1.54) is 22.9 Å². The van der Waals surface area contributed by atoms with Crippen LogP contribution in [-0.4, -0.2) is 60.7 Å². The van der Waals surface area contributed by atoms with Crippen LogP contribution in [0, 0.1) is 0 Å². The Morgan fingerprint density at radius 1 is 1.36 bits per heavy atom. The Labute approximate surface area is 148 Å². The molecule has 3 rings (SSSR count). The fourth-order valence-electron chi connectivity index (χ4n) is 3.44. The molecule has 2 heterocycles. The molecule has 0 saturated heterocycles. The van der Waals surface area contributed by atoms with E-state index < -0.39 is 0 Å². The van der Waals surface area contributed by atoms with E-state index in [2.05, 4.69) is 42.3 Å². The zero-order valence-corrected chi connectivity index (χ0v) is 15.0. The zero-order chi connectivity index (χ0) is 18.0. The molecule has 0 unspecified atom stereocenters. The summed E-state index contributed by atoms with van der Waals surface area (Å²) >= 11 is 0. The number of likely N-dealkylation sites (N-methyl/N-ethyl adjacent to an activating group) is 1. The largest absolute Gasteiger partial charge is 0.507 e. The summed E-state index contributed by atoms with van der Waals surface area (Å²) in [5, 5.41) is 17.7. The van der Waals surface area contributed by atoms with Gasteiger partial charge in [0.15, 0.2) is 6.29 Å². The van der Waals surface area contributed by atoms with Crippen LogP contribution in [0.2, 0.25) is 0 Å². The van der Waals surface area contributed by atoms with E-state index in [0.29, 0.717) is 24.7 Å². The molecule has 1 aromatic carbocycles. The molecule has 134 valence electrons. The molecule has 0 atom stereocenters. The first-order valence-electron chi connectivity index (χ1n) is 8.55. The summed E-state index contributed by atoms with van der Waals surface area (Å²) in [6, 6.07) is 5.24. The predicted molar refractivity (Wildman–Crippen MR) is 96.6 cm³/mol. The minimum Gasteiger partial charge on any atom is -0.507 e. The van der Waals surface area contributed by atoms with E-state index in [9.17, 15) is 9.90 Å². The number of phenolic OH excluding ortho intramolecular Hbond substituents is 1. The Hall–Kier alpha value is -2.31. The molecule has 6 nitrogen and oxygen atoms in total. The van der Waals surface area contributed by atoms with Crippen molar-refractivity contribution < 1.29 is 14.6 Å². The second-order valence-electron chi connectivity index (χ2n) is 6.65. The van der Waals surface area contributed by atoms with Gasteiger partial charge < -0.3 is 20.2 Å². The molecule has 2 N–H and O–H groups in total. The van der Waals surface area contributed by atoms with Crippen molar-refractivity contribution in [3.63, 3.8) is 0 Å². The van der Waals surface area contributed by atoms with E-state index in [0.717, 1.165) is 19.6 Å². The van der Waals surface area contributed by atoms with Gasteiger partial charge in [0, 0.05) is 32.7 Å². The number of hydrazine groups is 1. The van der Waals surface area contributed by atoms with Crippen LogP contribution in [0.5, 0.6) is 11.5 Å². The van der Waals surface area contributed by atoms with Gasteiger partial charge in [-0.3, -0.25) is 4.79 Å². The molecule has 1 aromatic rings. The number of hydrogen-bond acceptors (Lipinski definition) is 6. The number of phenols is 1. The van der Waals surface area contributed by atoms with Crippen molar-refractivity contribution in [2.75, 3.05) is 33.3 Å². The topological polar surface area (TPSA) is 65.0 Å². The average molecular weight is 343 g/mol. The molecular weight excluding hydrogens is 318 g/mol. The molecule has 0 amide bonds. The van der Waals surface area contributed by atoms with E-state index in [1.807, 2.05) is 0 Å². The van der Waals surface area contributed by atoms with Crippen molar-refractivity contribution in [1.82, 2.24) is 15.3 Å². The zero-order valence-electron chi connectivity index (χ0n) is 15.0. The summed E-state index contributed by atoms with van der Waals surface area (Å²) in [4.78, 5) is 11.2. The van der Waals surface area contributed by atoms with Crippen molar-refractivity contribution in [3.05, 3.63) is 46.7 Å². The van der Waals surface area contributed by atoms with Crippen molar-refractivity contribution in [2.45, 2.75) is 19.9 Å². The van der Waals surface area contributed by atoms with Crippen LogP contribution in [0.3, 0.4) is 0 Å². The van der Waals surface area contributed by atoms with Gasteiger partial charge in [-0.25, -0.2) is 5.01 Å². The predicted octanol–water partition coefficient (Wildman–Crippen LogP) is 1.94. The van der Waals surface area contributed by atoms with Crippen LogP contribution in [0.15, 0.2) is 41.1 Å². The molecule has 6 heteroatoms. The van der Waals surface area contributed by atoms with Crippen LogP contribution in [0.1, 0.15) is 24.2 Å². The van der Waals surface area contributed by atoms with E-state index in [4.69, 9.17) is 4.74 Å². The fourth-order valence-corrected chi connectivity index (χ4v) is 3.44. The van der Waals surface area contributed by atoms with E-state index in [-0.39, 0.29) is 11.3 Å². The van der Waals surface area contributed by atoms with Crippen LogP contribution < -0.4 is 10.1 Å². The summed E-state index contributed by atoms with van der Waals surface area (Å²) in [5.74, 6) is 0.351. The molecule has 0 bridgehead atoms. The molecule has 2 aliphatic heterocycles. The van der Waals surface area contributed by atoms with Gasteiger partial charge in [-0.05, 0) is 43.2 Å². The number of aromatic hydroxyl groups is 1. The van der Waals surface area contributed by atoms with Gasteiger partial charge >= 0.3 is 0 Å². The third-order valence-electron chi connectivity index (χ3n) is 4.59. The molecule has 25 heavy (non-hydrogen) atoms. The monoisotopic (exact) mass is 343 g/mol. The molecule has 0 saturated carbocycles. The van der Waals surface area contributed by atoms with Gasteiger partial charge in [0.1, 0.15) is 18.1 Å². The molecule has 0 spiro atoms. The van der Waals surface area contributed by atoms with Crippen molar-refractivity contribution in [3.8, 4) is 11.5 Å². The highest BCUT2D eigenvalue weighted by molar-refractivity contribution is 5.83. The number of nitrogens with zero attached hydrogens (tertiary/aromatic N) is 2. The third-order valence-corrected chi connectivity index (χ3v) is 4.59. The molecule has 0 radical (unpaired) electrons. The Bertz CT molecular complexity index is 725. The third kappa shape index (κ3) is 3.41. The second kappa shape index (κ2) is 7.29. The van der Waals surface area contributed by atoms with Gasteiger partial charge in [-0.1, -0.05) is 6.07 Å². The number of ether oxygens (including phenoxy) is 1. The van der Waals surface area contributed by atoms with Gasteiger partial charge in [0.25, 0.3) is 0 Å². The number of nitrogens with one attached hydrogen (secondary N) is 1. The fraction of sp³-hybridized carbons (Fsp3) is 0.421. The van der Waals surface area contributed by atoms with Crippen molar-refractivity contribution >= 4 is 6.29 Å². The van der Waals surface area contributed by atoms with Crippen molar-refractivity contribution in [2.24, 2.45) is 0 Å². The standard InChI is InChI=1S/C19H25N3O3/c1-13(2)22-17(7-8-21(22)3)15-10-20-9-14(15)12-25-19-6-4-5-18(24)16(19)11-23/h4-7,11,13,20,24H,8-10,12H2,1-3H3. The summed E-state index contributed by atoms with van der Waals surface area (Å²) in [5.41, 5.74) is 3.85. The summed E-state index contributed by atoms with van der Waals surface area (Å²) in [6.45, 7) is 7.21. The molecule has 0 aliphatic carbocycles. The highest BCUT2D eigenvalue weighted by atomic mass is 16.5. The number of benzene rings is 1. The number of hydrogen-bond donors (Lipinski definition) is 2. The minimum atomic E-state index is -0.0580. The average Bonchev–Trinajstić information content (AvgIpc) is 3.18. The number of aldehydes is 1. The molecule has 0 fully saturated rings. The summed E-state index contributed by atoms with van der Waals surface area (Å²) < 4.78 is 5.86. The first-order valence-corrected chi connectivity index (χ1v) is 8.55. The maximum Gasteiger partial charge on any atom is 0.157 e. The lowest BCUT2D eigenvalue weighted by Gasteiger charge is -2.34. The van der Waals surface area contributed by atoms with Gasteiger partial charge in [0.2, 0.25) is 0 Å². The SMILES string of the molecule is CC(C)N1C(C2=C(COc3cccc(O)c3C=O)CNC2)=CCN1C. The Morgan fingerprint density at radius 3 is 2.88 bits per heavy atom. The van der Waals surface area contributed by atoms with Gasteiger partial charge in [0.05, 0.1) is 11.3 Å². The maximum absolute atomic E-state index is 11.2. The second-order valence-corrected chi connectivity index (χ2v) is 6.65. The van der Waals surface area contributed by atoms with Crippen LogP contribution in [0.4, 0.5) is 0 Å². The highest BCUT2D eigenvalue weighted by Gasteiger charge is 2.29. The molecule has 0 aromatic heterocycles. The lowest BCUT2D eigenvalue weighted by molar-refractivity contribution is 0.0409. The van der Waals surface area contributed by atoms with Crippen LogP contribution >= 0.6 is 0 Å². The van der Waals surface area contributed by atoms with Gasteiger partial charge in [-0.15, -0.1) is 0 Å². The molecular formula is C19H25N3O3. The van der Waals surface area contributed by atoms with Crippen molar-refractivity contribution in [1.29, 1.82) is 0 Å². The van der Waals surface area contributed by atoms with Gasteiger partial charge in [-0.2, -0.15) is 0 Å². The Kier molecular flexibility index (Phi) is 5.11. The molecule has 2 aliphatic rings. The first kappa shape index (κ1) is 17.5. The van der Waals surface area contributed by atoms with Crippen LogP contribution in [-0.2, 0) is 0 Å². The number of carbonyl (C=O) groups excluding carboxylic acids is 1. The summed E-state index contributed by atoms with van der Waals surface area (Å²) in [6.07, 6.45) is 2.87. The first-order chi connectivity index (χ1) is 12.0. The minimum absolute atomic E-state index is 0.0580. The van der Waals surface area contributed by atoms with E-state index >= 15 is 0 Å². The van der Waals surface area contributed by atoms with E-state index in [1.54, 1.807) is 12.1 Å². The lowest BCUT2D eigenvalue weighted by Crippen LogP contribution is -2.40. The normalized spacial score (nSPS) is 18.2. The van der Waals surface area contributed by atoms with Crippen LogP contribution in [0.25, 0.3) is 0 Å². The number of carbonyl (C=O) groups is 1. The maximum atomic E-state index is 11.2. The lowest BCUT2D eigenvalue weighted by atomic mass is 10.1. The Balaban J connectivity index is 1.81.